The fourth-order valence-electron chi connectivity index (χ4n) is 3.53. The maximum absolute atomic E-state index is 11.5. The van der Waals surface area contributed by atoms with Crippen molar-refractivity contribution in [3.05, 3.63) is 11.9 Å². The fraction of sp³-hybridized carbons (Fsp3) is 0.812. The van der Waals surface area contributed by atoms with E-state index in [-0.39, 0.29) is 18.4 Å². The molecule has 2 heterocycles. The first-order valence-corrected chi connectivity index (χ1v) is 8.45. The molecular weight excluding hydrogens is 312 g/mol. The zero-order valence-electron chi connectivity index (χ0n) is 14.3. The van der Waals surface area contributed by atoms with Crippen molar-refractivity contribution < 1.29 is 20.1 Å². The van der Waals surface area contributed by atoms with Gasteiger partial charge in [0, 0.05) is 25.1 Å². The molecule has 1 saturated heterocycles. The van der Waals surface area contributed by atoms with Gasteiger partial charge in [-0.15, -0.1) is 5.10 Å². The van der Waals surface area contributed by atoms with Crippen molar-refractivity contribution in [2.24, 2.45) is 5.41 Å². The Balaban J connectivity index is 1.88. The van der Waals surface area contributed by atoms with Gasteiger partial charge in [0.2, 0.25) is 0 Å². The van der Waals surface area contributed by atoms with Crippen molar-refractivity contribution in [1.29, 1.82) is 0 Å². The number of nitrogens with zero attached hydrogens (tertiary/aromatic N) is 4. The lowest BCUT2D eigenvalue weighted by Crippen LogP contribution is -2.50. The van der Waals surface area contributed by atoms with E-state index in [2.05, 4.69) is 10.3 Å². The highest BCUT2D eigenvalue weighted by molar-refractivity contribution is 5.74. The lowest BCUT2D eigenvalue weighted by molar-refractivity contribution is -0.150. The van der Waals surface area contributed by atoms with E-state index < -0.39 is 30.4 Å². The maximum Gasteiger partial charge on any atom is 0.321 e. The smallest absolute Gasteiger partial charge is 0.321 e. The van der Waals surface area contributed by atoms with Gasteiger partial charge in [0.25, 0.3) is 0 Å². The third-order valence-electron chi connectivity index (χ3n) is 4.92. The number of hydrogen-bond acceptors (Lipinski definition) is 6. The van der Waals surface area contributed by atoms with Gasteiger partial charge in [0.1, 0.15) is 12.3 Å². The first-order chi connectivity index (χ1) is 11.2. The second kappa shape index (κ2) is 6.09. The van der Waals surface area contributed by atoms with Crippen molar-refractivity contribution in [2.75, 3.05) is 6.54 Å². The van der Waals surface area contributed by atoms with Gasteiger partial charge in [-0.2, -0.15) is 0 Å². The predicted molar refractivity (Wildman–Crippen MR) is 85.2 cm³/mol. The largest absolute Gasteiger partial charge is 0.480 e. The highest BCUT2D eigenvalue weighted by Gasteiger charge is 2.46. The lowest BCUT2D eigenvalue weighted by atomic mass is 9.85. The topological polar surface area (TPSA) is 112 Å². The molecule has 2 fully saturated rings. The summed E-state index contributed by atoms with van der Waals surface area (Å²) in [5.74, 6) is -0.576. The number of aliphatic carboxylic acids is 1. The Morgan fingerprint density at radius 3 is 2.58 bits per heavy atom. The number of aliphatic hydroxyl groups excluding tert-OH is 2. The zero-order chi connectivity index (χ0) is 17.6. The monoisotopic (exact) mass is 338 g/mol. The van der Waals surface area contributed by atoms with Crippen molar-refractivity contribution in [3.8, 4) is 0 Å². The van der Waals surface area contributed by atoms with Crippen LogP contribution in [0.5, 0.6) is 0 Å². The molecule has 0 aromatic carbocycles. The van der Waals surface area contributed by atoms with E-state index in [9.17, 15) is 20.1 Å². The molecule has 0 bridgehead atoms. The summed E-state index contributed by atoms with van der Waals surface area (Å²) >= 11 is 0. The molecule has 2 aliphatic rings. The molecule has 134 valence electrons. The van der Waals surface area contributed by atoms with Crippen LogP contribution < -0.4 is 0 Å². The molecule has 8 heteroatoms. The Bertz CT molecular complexity index is 607. The third-order valence-corrected chi connectivity index (χ3v) is 4.92. The van der Waals surface area contributed by atoms with Crippen LogP contribution in [0.15, 0.2) is 6.20 Å². The van der Waals surface area contributed by atoms with Crippen LogP contribution in [0.4, 0.5) is 0 Å². The molecule has 8 nitrogen and oxygen atoms in total. The van der Waals surface area contributed by atoms with Gasteiger partial charge in [-0.05, 0) is 18.3 Å². The molecule has 4 atom stereocenters. The minimum Gasteiger partial charge on any atom is -0.480 e. The standard InChI is InChI=1S/C16H26N4O4/c1-16(2,3)13(20-8-11(17-18-20)9-4-5-9)14(22)19-7-10(21)6-12(19)15(23)24/h8-10,12-14,21-22H,4-7H2,1-3H3,(H,23,24)/t10-,12+,13-,14?/m1/s1. The van der Waals surface area contributed by atoms with Crippen LogP contribution in [-0.4, -0.2) is 66.1 Å². The molecule has 3 N–H and O–H groups in total. The Kier molecular flexibility index (Phi) is 4.39. The SMILES string of the molecule is CC(C)(C)[C@@H](C(O)N1C[C@H](O)C[C@H]1C(=O)O)n1cc(C2CC2)nn1. The Morgan fingerprint density at radius 2 is 2.04 bits per heavy atom. The Morgan fingerprint density at radius 1 is 1.38 bits per heavy atom. The number of aliphatic hydroxyl groups is 2. The normalized spacial score (nSPS) is 28.0. The molecule has 0 spiro atoms. The number of carboxylic acid groups (broad SMARTS) is 1. The van der Waals surface area contributed by atoms with E-state index in [1.54, 1.807) is 4.68 Å². The first kappa shape index (κ1) is 17.3. The average Bonchev–Trinajstić information content (AvgIpc) is 3.07. The lowest BCUT2D eigenvalue weighted by Gasteiger charge is -2.39. The minimum absolute atomic E-state index is 0.119. The fourth-order valence-corrected chi connectivity index (χ4v) is 3.53. The van der Waals surface area contributed by atoms with E-state index >= 15 is 0 Å². The van der Waals surface area contributed by atoms with Crippen LogP contribution in [-0.2, 0) is 4.79 Å². The molecule has 1 aliphatic heterocycles. The summed E-state index contributed by atoms with van der Waals surface area (Å²) in [6.45, 7) is 6.06. The van der Waals surface area contributed by atoms with Crippen molar-refractivity contribution in [2.45, 2.75) is 70.4 Å². The molecule has 1 aromatic heterocycles. The van der Waals surface area contributed by atoms with Gasteiger partial charge in [-0.25, -0.2) is 4.68 Å². The molecular formula is C16H26N4O4. The third kappa shape index (κ3) is 3.31. The van der Waals surface area contributed by atoms with Crippen LogP contribution in [0.3, 0.4) is 0 Å². The van der Waals surface area contributed by atoms with Gasteiger partial charge < -0.3 is 15.3 Å². The number of hydrogen-bond donors (Lipinski definition) is 3. The van der Waals surface area contributed by atoms with E-state index in [0.29, 0.717) is 5.92 Å². The van der Waals surface area contributed by atoms with Gasteiger partial charge >= 0.3 is 5.97 Å². The summed E-state index contributed by atoms with van der Waals surface area (Å²) in [6, 6.07) is -1.36. The average molecular weight is 338 g/mol. The molecule has 1 unspecified atom stereocenters. The van der Waals surface area contributed by atoms with E-state index in [1.807, 2.05) is 27.0 Å². The van der Waals surface area contributed by atoms with Crippen molar-refractivity contribution in [1.82, 2.24) is 19.9 Å². The Labute approximate surface area is 141 Å². The molecule has 1 aromatic rings. The van der Waals surface area contributed by atoms with E-state index in [1.165, 1.54) is 4.90 Å². The minimum atomic E-state index is -1.07. The summed E-state index contributed by atoms with van der Waals surface area (Å²) in [7, 11) is 0. The van der Waals surface area contributed by atoms with Gasteiger partial charge in [-0.3, -0.25) is 9.69 Å². The zero-order valence-corrected chi connectivity index (χ0v) is 14.3. The number of carboxylic acids is 1. The van der Waals surface area contributed by atoms with Crippen molar-refractivity contribution in [3.63, 3.8) is 0 Å². The molecule has 0 radical (unpaired) electrons. The van der Waals surface area contributed by atoms with Crippen LogP contribution in [0, 0.1) is 5.41 Å². The maximum atomic E-state index is 11.5. The quantitative estimate of drug-likeness (QED) is 0.720. The highest BCUT2D eigenvalue weighted by Crippen LogP contribution is 2.41. The Hall–Kier alpha value is -1.51. The number of likely N-dealkylation sites (tertiary alicyclic amines) is 1. The van der Waals surface area contributed by atoms with Crippen LogP contribution >= 0.6 is 0 Å². The predicted octanol–water partition coefficient (Wildman–Crippen LogP) is 0.581. The summed E-state index contributed by atoms with van der Waals surface area (Å²) in [4.78, 5) is 12.9. The molecule has 3 rings (SSSR count). The second-order valence-corrected chi connectivity index (χ2v) is 8.06. The molecule has 1 saturated carbocycles. The first-order valence-electron chi connectivity index (χ1n) is 8.45. The van der Waals surface area contributed by atoms with Gasteiger partial charge in [-0.1, -0.05) is 26.0 Å². The van der Waals surface area contributed by atoms with E-state index in [4.69, 9.17) is 0 Å². The van der Waals surface area contributed by atoms with Crippen LogP contribution in [0.1, 0.15) is 57.7 Å². The number of rotatable bonds is 5. The molecule has 1 aliphatic carbocycles. The second-order valence-electron chi connectivity index (χ2n) is 8.06. The van der Waals surface area contributed by atoms with E-state index in [0.717, 1.165) is 18.5 Å². The summed E-state index contributed by atoms with van der Waals surface area (Å²) in [6.07, 6.45) is 2.38. The van der Waals surface area contributed by atoms with Gasteiger partial charge in [0.05, 0.1) is 17.8 Å². The van der Waals surface area contributed by atoms with Gasteiger partial charge in [0.15, 0.2) is 0 Å². The molecule has 24 heavy (non-hydrogen) atoms. The van der Waals surface area contributed by atoms with Crippen LogP contribution in [0.25, 0.3) is 0 Å². The van der Waals surface area contributed by atoms with Crippen molar-refractivity contribution >= 4 is 5.97 Å². The summed E-state index contributed by atoms with van der Waals surface area (Å²) < 4.78 is 1.65. The summed E-state index contributed by atoms with van der Waals surface area (Å²) in [5.41, 5.74) is 0.553. The summed E-state index contributed by atoms with van der Waals surface area (Å²) in [5, 5.41) is 38.6. The number of aromatic nitrogens is 3. The number of carbonyl (C=O) groups is 1. The highest BCUT2D eigenvalue weighted by atomic mass is 16.4. The van der Waals surface area contributed by atoms with Crippen LogP contribution in [0.2, 0.25) is 0 Å². The molecule has 0 amide bonds. The number of β-amino-alcohol motifs (C(OH)–C–C–N with tert-alkyl or cyclic N) is 1.